The van der Waals surface area contributed by atoms with E-state index in [1.165, 1.54) is 5.56 Å². The Hall–Kier alpha value is -2.45. The number of amides is 1. The van der Waals surface area contributed by atoms with Crippen LogP contribution >= 0.6 is 11.8 Å². The van der Waals surface area contributed by atoms with Crippen LogP contribution in [0, 0.1) is 11.3 Å². The van der Waals surface area contributed by atoms with Crippen molar-refractivity contribution in [3.05, 3.63) is 59.2 Å². The van der Waals surface area contributed by atoms with Crippen LogP contribution in [0.5, 0.6) is 0 Å². The van der Waals surface area contributed by atoms with Crippen LogP contribution in [-0.2, 0) is 0 Å². The van der Waals surface area contributed by atoms with Crippen LogP contribution < -0.4 is 5.73 Å². The quantitative estimate of drug-likeness (QED) is 0.673. The molecular formula is C20H21N3OS. The summed E-state index contributed by atoms with van der Waals surface area (Å²) in [5.41, 5.74) is 9.26. The molecule has 1 heterocycles. The summed E-state index contributed by atoms with van der Waals surface area (Å²) in [6.07, 6.45) is 3.85. The van der Waals surface area contributed by atoms with Gasteiger partial charge in [-0.1, -0.05) is 12.1 Å². The van der Waals surface area contributed by atoms with Crippen molar-refractivity contribution in [2.75, 3.05) is 25.1 Å². The molecule has 0 saturated carbocycles. The molecule has 2 aromatic rings. The number of benzene rings is 2. The van der Waals surface area contributed by atoms with Gasteiger partial charge in [0.25, 0.3) is 5.91 Å². The third-order valence-electron chi connectivity index (χ3n) is 4.77. The smallest absolute Gasteiger partial charge is 0.253 e. The molecule has 128 valence electrons. The maximum Gasteiger partial charge on any atom is 0.253 e. The van der Waals surface area contributed by atoms with E-state index in [9.17, 15) is 4.79 Å². The van der Waals surface area contributed by atoms with Gasteiger partial charge in [-0.15, -0.1) is 11.8 Å². The summed E-state index contributed by atoms with van der Waals surface area (Å²) in [6.45, 7) is 1.49. The van der Waals surface area contributed by atoms with Crippen LogP contribution in [0.2, 0.25) is 0 Å². The van der Waals surface area contributed by atoms with E-state index < -0.39 is 0 Å². The fraction of sp³-hybridized carbons (Fsp3) is 0.300. The Labute approximate surface area is 152 Å². The highest BCUT2D eigenvalue weighted by Crippen LogP contribution is 2.30. The molecule has 0 aliphatic carbocycles. The summed E-state index contributed by atoms with van der Waals surface area (Å²) in [7, 11) is 0. The van der Waals surface area contributed by atoms with E-state index >= 15 is 0 Å². The normalized spacial score (nSPS) is 15.0. The predicted octanol–water partition coefficient (Wildman–Crippen LogP) is 3.88. The molecule has 1 aliphatic rings. The van der Waals surface area contributed by atoms with Crippen molar-refractivity contribution in [1.29, 1.82) is 5.26 Å². The van der Waals surface area contributed by atoms with Crippen molar-refractivity contribution in [3.63, 3.8) is 0 Å². The SMILES string of the molecule is CSc1ccc(C(=O)N2CCC(c3ccc(C#N)cc3)CC2)cc1N. The number of piperidine rings is 1. The maximum absolute atomic E-state index is 12.7. The van der Waals surface area contributed by atoms with Gasteiger partial charge in [0.05, 0.1) is 11.6 Å². The predicted molar refractivity (Wildman–Crippen MR) is 102 cm³/mol. The Bertz CT molecular complexity index is 803. The highest BCUT2D eigenvalue weighted by Gasteiger charge is 2.24. The number of hydrogen-bond donors (Lipinski definition) is 1. The molecule has 0 atom stereocenters. The van der Waals surface area contributed by atoms with Crippen molar-refractivity contribution in [3.8, 4) is 6.07 Å². The molecule has 3 rings (SSSR count). The number of rotatable bonds is 3. The molecule has 0 spiro atoms. The minimum Gasteiger partial charge on any atom is -0.398 e. The number of nitrogen functional groups attached to an aromatic ring is 1. The van der Waals surface area contributed by atoms with E-state index in [-0.39, 0.29) is 5.91 Å². The van der Waals surface area contributed by atoms with Gasteiger partial charge in [-0.05, 0) is 60.9 Å². The zero-order chi connectivity index (χ0) is 17.8. The van der Waals surface area contributed by atoms with E-state index in [2.05, 4.69) is 6.07 Å². The molecule has 4 nitrogen and oxygen atoms in total. The lowest BCUT2D eigenvalue weighted by Crippen LogP contribution is -2.37. The molecule has 1 fully saturated rings. The Balaban J connectivity index is 1.64. The van der Waals surface area contributed by atoms with Crippen LogP contribution in [0.4, 0.5) is 5.69 Å². The Morgan fingerprint density at radius 3 is 2.44 bits per heavy atom. The molecule has 25 heavy (non-hydrogen) atoms. The molecule has 2 aromatic carbocycles. The minimum absolute atomic E-state index is 0.0534. The van der Waals surface area contributed by atoms with Crippen molar-refractivity contribution in [1.82, 2.24) is 4.90 Å². The number of nitrogens with two attached hydrogens (primary N) is 1. The van der Waals surface area contributed by atoms with Gasteiger partial charge in [0, 0.05) is 29.2 Å². The molecule has 0 bridgehead atoms. The number of carbonyl (C=O) groups excluding carboxylic acids is 1. The Kier molecular flexibility index (Phi) is 5.30. The molecule has 1 aliphatic heterocycles. The lowest BCUT2D eigenvalue weighted by atomic mass is 9.89. The second kappa shape index (κ2) is 7.62. The molecule has 0 unspecified atom stereocenters. The topological polar surface area (TPSA) is 70.1 Å². The number of thioether (sulfide) groups is 1. The van der Waals surface area contributed by atoms with Gasteiger partial charge in [-0.25, -0.2) is 0 Å². The first-order chi connectivity index (χ1) is 12.1. The third kappa shape index (κ3) is 3.80. The fourth-order valence-electron chi connectivity index (χ4n) is 3.30. The first kappa shape index (κ1) is 17.4. The van der Waals surface area contributed by atoms with Gasteiger partial charge in [-0.2, -0.15) is 5.26 Å². The molecule has 1 saturated heterocycles. The highest BCUT2D eigenvalue weighted by atomic mass is 32.2. The van der Waals surface area contributed by atoms with Crippen LogP contribution in [0.25, 0.3) is 0 Å². The lowest BCUT2D eigenvalue weighted by molar-refractivity contribution is 0.0713. The number of nitriles is 1. The number of anilines is 1. The zero-order valence-corrected chi connectivity index (χ0v) is 15.1. The van der Waals surface area contributed by atoms with E-state index in [1.807, 2.05) is 47.6 Å². The fourth-order valence-corrected chi connectivity index (χ4v) is 3.79. The second-order valence-corrected chi connectivity index (χ2v) is 7.11. The number of likely N-dealkylation sites (tertiary alicyclic amines) is 1. The standard InChI is InChI=1S/C20H21N3OS/c1-25-19-7-6-17(12-18(19)22)20(24)23-10-8-16(9-11-23)15-4-2-14(13-21)3-5-15/h2-7,12,16H,8-11,22H2,1H3. The average Bonchev–Trinajstić information content (AvgIpc) is 2.67. The van der Waals surface area contributed by atoms with Crippen molar-refractivity contribution >= 4 is 23.4 Å². The van der Waals surface area contributed by atoms with E-state index in [0.29, 0.717) is 22.7 Å². The highest BCUT2D eigenvalue weighted by molar-refractivity contribution is 7.98. The van der Waals surface area contributed by atoms with Gasteiger partial charge in [0.1, 0.15) is 0 Å². The first-order valence-electron chi connectivity index (χ1n) is 8.35. The van der Waals surface area contributed by atoms with E-state index in [4.69, 9.17) is 11.0 Å². The average molecular weight is 351 g/mol. The summed E-state index contributed by atoms with van der Waals surface area (Å²) in [4.78, 5) is 15.6. The van der Waals surface area contributed by atoms with Gasteiger partial charge >= 0.3 is 0 Å². The minimum atomic E-state index is 0.0534. The Morgan fingerprint density at radius 1 is 1.20 bits per heavy atom. The summed E-state index contributed by atoms with van der Waals surface area (Å²) in [6, 6.07) is 15.5. The van der Waals surface area contributed by atoms with Gasteiger partial charge in [-0.3, -0.25) is 4.79 Å². The largest absolute Gasteiger partial charge is 0.398 e. The summed E-state index contributed by atoms with van der Waals surface area (Å²) in [5, 5.41) is 8.89. The van der Waals surface area contributed by atoms with Crippen LogP contribution in [0.15, 0.2) is 47.4 Å². The van der Waals surface area contributed by atoms with E-state index in [0.717, 1.165) is 30.8 Å². The van der Waals surface area contributed by atoms with Crippen molar-refractivity contribution in [2.24, 2.45) is 0 Å². The molecule has 5 heteroatoms. The van der Waals surface area contributed by atoms with Gasteiger partial charge in [0.15, 0.2) is 0 Å². The third-order valence-corrected chi connectivity index (χ3v) is 5.58. The van der Waals surface area contributed by atoms with Crippen LogP contribution in [-0.4, -0.2) is 30.2 Å². The van der Waals surface area contributed by atoms with E-state index in [1.54, 1.807) is 17.8 Å². The van der Waals surface area contributed by atoms with Crippen LogP contribution in [0.1, 0.15) is 40.2 Å². The zero-order valence-electron chi connectivity index (χ0n) is 14.2. The number of nitrogens with zero attached hydrogens (tertiary/aromatic N) is 2. The number of hydrogen-bond acceptors (Lipinski definition) is 4. The molecular weight excluding hydrogens is 330 g/mol. The molecule has 0 radical (unpaired) electrons. The van der Waals surface area contributed by atoms with Gasteiger partial charge < -0.3 is 10.6 Å². The Morgan fingerprint density at radius 2 is 1.88 bits per heavy atom. The van der Waals surface area contributed by atoms with Crippen molar-refractivity contribution in [2.45, 2.75) is 23.7 Å². The van der Waals surface area contributed by atoms with Crippen LogP contribution in [0.3, 0.4) is 0 Å². The monoisotopic (exact) mass is 351 g/mol. The molecule has 0 aromatic heterocycles. The molecule has 2 N–H and O–H groups in total. The van der Waals surface area contributed by atoms with Crippen molar-refractivity contribution < 1.29 is 4.79 Å². The summed E-state index contributed by atoms with van der Waals surface area (Å²) >= 11 is 1.58. The number of carbonyl (C=O) groups is 1. The second-order valence-electron chi connectivity index (χ2n) is 6.26. The van der Waals surface area contributed by atoms with Gasteiger partial charge in [0.2, 0.25) is 0 Å². The maximum atomic E-state index is 12.7. The summed E-state index contributed by atoms with van der Waals surface area (Å²) < 4.78 is 0. The summed E-state index contributed by atoms with van der Waals surface area (Å²) in [5.74, 6) is 0.498. The molecule has 1 amide bonds. The first-order valence-corrected chi connectivity index (χ1v) is 9.57. The lowest BCUT2D eigenvalue weighted by Gasteiger charge is -2.32.